The number of amides is 4. The number of carbonyl (C=O) groups is 3. The van der Waals surface area contributed by atoms with Gasteiger partial charge in [0.05, 0.1) is 30.1 Å². The van der Waals surface area contributed by atoms with E-state index in [2.05, 4.69) is 0 Å². The number of rotatable bonds is 5. The SMILES string of the molecule is CS(=O)(=O)NC(=O)[C@@H]1CN(C(=O)C(c2ccccc2)c2ccccc2)CCN1C(=O)N1c2ccccc2C=Cc2ccccc21. The second-order valence-electron chi connectivity index (χ2n) is 11.1. The molecule has 1 atom stereocenters. The van der Waals surface area contributed by atoms with Crippen molar-refractivity contribution < 1.29 is 22.8 Å². The Morgan fingerprint density at radius 2 is 1.20 bits per heavy atom. The van der Waals surface area contributed by atoms with Crippen molar-refractivity contribution in [3.05, 3.63) is 131 Å². The molecule has 1 fully saturated rings. The van der Waals surface area contributed by atoms with E-state index in [-0.39, 0.29) is 25.5 Å². The van der Waals surface area contributed by atoms with Crippen LogP contribution in [0.4, 0.5) is 16.2 Å². The monoisotopic (exact) mass is 620 g/mol. The lowest BCUT2D eigenvalue weighted by molar-refractivity contribution is -0.136. The van der Waals surface area contributed by atoms with Crippen molar-refractivity contribution in [2.75, 3.05) is 30.8 Å². The summed E-state index contributed by atoms with van der Waals surface area (Å²) in [6.07, 6.45) is 4.75. The third-order valence-corrected chi connectivity index (χ3v) is 8.60. The van der Waals surface area contributed by atoms with Crippen LogP contribution in [0.1, 0.15) is 28.2 Å². The van der Waals surface area contributed by atoms with Gasteiger partial charge >= 0.3 is 6.03 Å². The largest absolute Gasteiger partial charge is 0.337 e. The lowest BCUT2D eigenvalue weighted by atomic mass is 9.89. The number of carbonyl (C=O) groups excluding carboxylic acids is 3. The number of nitrogens with zero attached hydrogens (tertiary/aromatic N) is 3. The predicted octanol–water partition coefficient (Wildman–Crippen LogP) is 4.85. The number of benzene rings is 4. The van der Waals surface area contributed by atoms with Gasteiger partial charge in [0.25, 0.3) is 5.91 Å². The molecule has 45 heavy (non-hydrogen) atoms. The summed E-state index contributed by atoms with van der Waals surface area (Å²) in [5.74, 6) is -1.77. The third-order valence-electron chi connectivity index (χ3n) is 8.03. The number of piperazine rings is 1. The smallest absolute Gasteiger partial charge is 0.329 e. The minimum absolute atomic E-state index is 0.0109. The standard InChI is InChI=1S/C35H32N4O5S/c1-45(43,44)36-33(40)31-24-37(34(41)32(27-14-4-2-5-15-27)28-16-6-3-7-17-28)22-23-38(31)35(42)39-29-18-10-8-12-25(29)20-21-26-13-9-11-19-30(26)39/h2-21,31-32H,22-24H2,1H3,(H,36,40)/t31-/m0/s1. The number of nitrogens with one attached hydrogen (secondary N) is 1. The second kappa shape index (κ2) is 12.4. The number of fused-ring (bicyclic) bond motifs is 2. The Hall–Kier alpha value is -5.22. The fourth-order valence-corrected chi connectivity index (χ4v) is 6.45. The third kappa shape index (κ3) is 6.23. The molecule has 1 saturated heterocycles. The van der Waals surface area contributed by atoms with Crippen LogP contribution >= 0.6 is 0 Å². The van der Waals surface area contributed by atoms with Crippen LogP contribution in [-0.4, -0.2) is 68.0 Å². The first-order valence-electron chi connectivity index (χ1n) is 14.6. The van der Waals surface area contributed by atoms with Gasteiger partial charge in [0, 0.05) is 13.1 Å². The number of para-hydroxylation sites is 2. The van der Waals surface area contributed by atoms with E-state index in [9.17, 15) is 22.8 Å². The van der Waals surface area contributed by atoms with E-state index in [1.807, 2.05) is 126 Å². The van der Waals surface area contributed by atoms with Crippen LogP contribution in [0.5, 0.6) is 0 Å². The highest BCUT2D eigenvalue weighted by Crippen LogP contribution is 2.38. The van der Waals surface area contributed by atoms with Gasteiger partial charge in [-0.1, -0.05) is 109 Å². The van der Waals surface area contributed by atoms with Crippen LogP contribution in [-0.2, 0) is 19.6 Å². The number of sulfonamides is 1. The summed E-state index contributed by atoms with van der Waals surface area (Å²) in [5.41, 5.74) is 4.43. The maximum Gasteiger partial charge on any atom is 0.329 e. The van der Waals surface area contributed by atoms with Crippen molar-refractivity contribution in [2.45, 2.75) is 12.0 Å². The van der Waals surface area contributed by atoms with Gasteiger partial charge in [-0.15, -0.1) is 0 Å². The number of hydrogen-bond acceptors (Lipinski definition) is 5. The van der Waals surface area contributed by atoms with E-state index in [1.165, 1.54) is 4.90 Å². The zero-order valence-electron chi connectivity index (χ0n) is 24.6. The Bertz CT molecular complexity index is 1790. The Morgan fingerprint density at radius 1 is 0.711 bits per heavy atom. The normalized spacial score (nSPS) is 16.0. The summed E-state index contributed by atoms with van der Waals surface area (Å²) in [4.78, 5) is 46.9. The molecule has 6 rings (SSSR count). The topological polar surface area (TPSA) is 107 Å². The molecule has 10 heteroatoms. The van der Waals surface area contributed by atoms with Gasteiger partial charge in [0.2, 0.25) is 15.9 Å². The molecule has 0 bridgehead atoms. The highest BCUT2D eigenvalue weighted by Gasteiger charge is 2.42. The van der Waals surface area contributed by atoms with E-state index >= 15 is 0 Å². The molecular formula is C35H32N4O5S. The first-order valence-corrected chi connectivity index (χ1v) is 16.5. The maximum atomic E-state index is 14.6. The summed E-state index contributed by atoms with van der Waals surface area (Å²) in [6, 6.07) is 31.8. The molecular weight excluding hydrogens is 588 g/mol. The Kier molecular flexibility index (Phi) is 8.23. The molecule has 1 N–H and O–H groups in total. The molecule has 4 amide bonds. The van der Waals surface area contributed by atoms with Gasteiger partial charge < -0.3 is 9.80 Å². The summed E-state index contributed by atoms with van der Waals surface area (Å²) in [5, 5.41) is 0. The summed E-state index contributed by atoms with van der Waals surface area (Å²) in [7, 11) is -3.95. The van der Waals surface area contributed by atoms with E-state index in [0.717, 1.165) is 28.5 Å². The van der Waals surface area contributed by atoms with E-state index in [4.69, 9.17) is 0 Å². The Balaban J connectivity index is 1.37. The molecule has 0 radical (unpaired) electrons. The molecule has 0 aromatic heterocycles. The molecule has 0 unspecified atom stereocenters. The molecule has 0 saturated carbocycles. The van der Waals surface area contributed by atoms with E-state index in [1.54, 1.807) is 9.80 Å². The van der Waals surface area contributed by atoms with Crippen molar-refractivity contribution >= 4 is 51.4 Å². The van der Waals surface area contributed by atoms with E-state index < -0.39 is 33.9 Å². The van der Waals surface area contributed by atoms with Gasteiger partial charge in [-0.2, -0.15) is 0 Å². The van der Waals surface area contributed by atoms with Crippen molar-refractivity contribution in [1.82, 2.24) is 14.5 Å². The highest BCUT2D eigenvalue weighted by molar-refractivity contribution is 7.89. The summed E-state index contributed by atoms with van der Waals surface area (Å²) < 4.78 is 26.4. The average molecular weight is 621 g/mol. The zero-order chi connectivity index (χ0) is 31.6. The lowest BCUT2D eigenvalue weighted by Gasteiger charge is -2.43. The van der Waals surface area contributed by atoms with Crippen molar-refractivity contribution in [2.24, 2.45) is 0 Å². The van der Waals surface area contributed by atoms with Crippen LogP contribution in [0.2, 0.25) is 0 Å². The minimum atomic E-state index is -3.95. The molecule has 2 aliphatic rings. The molecule has 4 aromatic carbocycles. The second-order valence-corrected chi connectivity index (χ2v) is 12.8. The number of anilines is 2. The van der Waals surface area contributed by atoms with Gasteiger partial charge in [0.15, 0.2) is 0 Å². The quantitative estimate of drug-likeness (QED) is 0.344. The van der Waals surface area contributed by atoms with Crippen LogP contribution in [0.3, 0.4) is 0 Å². The van der Waals surface area contributed by atoms with E-state index in [0.29, 0.717) is 11.4 Å². The molecule has 228 valence electrons. The van der Waals surface area contributed by atoms with Crippen molar-refractivity contribution in [1.29, 1.82) is 0 Å². The minimum Gasteiger partial charge on any atom is -0.337 e. The van der Waals surface area contributed by atoms with Crippen LogP contribution < -0.4 is 9.62 Å². The molecule has 2 heterocycles. The average Bonchev–Trinajstić information content (AvgIpc) is 3.21. The Labute approximate surface area is 262 Å². The van der Waals surface area contributed by atoms with Crippen LogP contribution in [0, 0.1) is 0 Å². The summed E-state index contributed by atoms with van der Waals surface area (Å²) >= 11 is 0. The first-order chi connectivity index (χ1) is 21.7. The number of urea groups is 1. The van der Waals surface area contributed by atoms with Crippen molar-refractivity contribution in [3.63, 3.8) is 0 Å². The summed E-state index contributed by atoms with van der Waals surface area (Å²) in [6.45, 7) is -0.0206. The van der Waals surface area contributed by atoms with Gasteiger partial charge in [-0.3, -0.25) is 19.2 Å². The molecule has 0 aliphatic carbocycles. The van der Waals surface area contributed by atoms with Crippen molar-refractivity contribution in [3.8, 4) is 0 Å². The van der Waals surface area contributed by atoms with Gasteiger partial charge in [-0.25, -0.2) is 13.2 Å². The van der Waals surface area contributed by atoms with Crippen LogP contribution in [0.15, 0.2) is 109 Å². The zero-order valence-corrected chi connectivity index (χ0v) is 25.4. The maximum absolute atomic E-state index is 14.6. The van der Waals surface area contributed by atoms with Gasteiger partial charge in [0.1, 0.15) is 6.04 Å². The predicted molar refractivity (Wildman–Crippen MR) is 174 cm³/mol. The molecule has 4 aromatic rings. The fourth-order valence-electron chi connectivity index (χ4n) is 5.95. The Morgan fingerprint density at radius 3 is 1.71 bits per heavy atom. The fraction of sp³-hybridized carbons (Fsp3) is 0.171. The van der Waals surface area contributed by atoms with Gasteiger partial charge in [-0.05, 0) is 34.4 Å². The first kappa shape index (κ1) is 29.8. The lowest BCUT2D eigenvalue weighted by Crippen LogP contribution is -2.64. The highest BCUT2D eigenvalue weighted by atomic mass is 32.2. The number of hydrogen-bond donors (Lipinski definition) is 1. The molecule has 9 nitrogen and oxygen atoms in total. The van der Waals surface area contributed by atoms with Crippen LogP contribution in [0.25, 0.3) is 12.2 Å². The molecule has 0 spiro atoms. The molecule has 2 aliphatic heterocycles.